The highest BCUT2D eigenvalue weighted by Gasteiger charge is 2.30. The summed E-state index contributed by atoms with van der Waals surface area (Å²) in [7, 11) is 0. The summed E-state index contributed by atoms with van der Waals surface area (Å²) in [5.41, 5.74) is -0.398. The van der Waals surface area contributed by atoms with Gasteiger partial charge in [-0.2, -0.15) is 0 Å². The van der Waals surface area contributed by atoms with Gasteiger partial charge in [0, 0.05) is 11.5 Å². The fourth-order valence-corrected chi connectivity index (χ4v) is 1.02. The summed E-state index contributed by atoms with van der Waals surface area (Å²) in [6.07, 6.45) is 0. The van der Waals surface area contributed by atoms with E-state index in [0.717, 1.165) is 0 Å². The molecule has 0 radical (unpaired) electrons. The maximum absolute atomic E-state index is 11.9. The zero-order valence-electron chi connectivity index (χ0n) is 11.2. The van der Waals surface area contributed by atoms with Gasteiger partial charge in [0.25, 0.3) is 0 Å². The summed E-state index contributed by atoms with van der Waals surface area (Å²) in [6, 6.07) is -0.212. The normalized spacial score (nSPS) is 11.8. The minimum absolute atomic E-state index is 0.0569. The molecule has 2 amide bonds. The Morgan fingerprint density at radius 2 is 1.62 bits per heavy atom. The molecule has 0 heterocycles. The van der Waals surface area contributed by atoms with Crippen molar-refractivity contribution in [2.75, 3.05) is 6.54 Å². The monoisotopic (exact) mass is 228 g/mol. The second kappa shape index (κ2) is 5.87. The lowest BCUT2D eigenvalue weighted by Gasteiger charge is -2.27. The van der Waals surface area contributed by atoms with E-state index in [4.69, 9.17) is 0 Å². The highest BCUT2D eigenvalue weighted by atomic mass is 16.2. The number of rotatable bonds is 5. The standard InChI is InChI=1S/C12H24N2O2/c1-8(2)12(5,6)10(15)7-13-11(16)14-9(3)4/h8-9H,7H2,1-6H3,(H2,13,14,16). The number of carbonyl (C=O) groups excluding carboxylic acids is 2. The maximum atomic E-state index is 11.9. The smallest absolute Gasteiger partial charge is 0.315 e. The highest BCUT2D eigenvalue weighted by Crippen LogP contribution is 2.26. The van der Waals surface area contributed by atoms with Crippen molar-refractivity contribution in [1.29, 1.82) is 0 Å². The third-order valence-corrected chi connectivity index (χ3v) is 2.99. The average Bonchev–Trinajstić information content (AvgIpc) is 2.12. The molecule has 0 aromatic carbocycles. The summed E-state index contributed by atoms with van der Waals surface area (Å²) in [5, 5.41) is 5.25. The number of carbonyl (C=O) groups is 2. The summed E-state index contributed by atoms with van der Waals surface area (Å²) >= 11 is 0. The number of urea groups is 1. The van der Waals surface area contributed by atoms with E-state index in [2.05, 4.69) is 10.6 Å². The van der Waals surface area contributed by atoms with Gasteiger partial charge in [-0.05, 0) is 19.8 Å². The lowest BCUT2D eigenvalue weighted by molar-refractivity contribution is -0.128. The van der Waals surface area contributed by atoms with Crippen LogP contribution in [0.25, 0.3) is 0 Å². The molecule has 0 saturated carbocycles. The molecule has 4 nitrogen and oxygen atoms in total. The van der Waals surface area contributed by atoms with Crippen LogP contribution in [0.15, 0.2) is 0 Å². The van der Waals surface area contributed by atoms with Crippen LogP contribution in [0.5, 0.6) is 0 Å². The second-order valence-electron chi connectivity index (χ2n) is 5.28. The maximum Gasteiger partial charge on any atom is 0.315 e. The van der Waals surface area contributed by atoms with Crippen molar-refractivity contribution >= 4 is 11.8 Å². The molecule has 0 unspecified atom stereocenters. The molecule has 0 rings (SSSR count). The lowest BCUT2D eigenvalue weighted by Crippen LogP contribution is -2.45. The van der Waals surface area contributed by atoms with E-state index < -0.39 is 5.41 Å². The van der Waals surface area contributed by atoms with Gasteiger partial charge in [0.15, 0.2) is 5.78 Å². The zero-order valence-corrected chi connectivity index (χ0v) is 11.2. The predicted molar refractivity (Wildman–Crippen MR) is 65.3 cm³/mol. The van der Waals surface area contributed by atoms with Crippen LogP contribution in [-0.4, -0.2) is 24.4 Å². The summed E-state index contributed by atoms with van der Waals surface area (Å²) < 4.78 is 0. The minimum Gasteiger partial charge on any atom is -0.336 e. The molecule has 16 heavy (non-hydrogen) atoms. The van der Waals surface area contributed by atoms with Crippen molar-refractivity contribution < 1.29 is 9.59 Å². The van der Waals surface area contributed by atoms with Gasteiger partial charge < -0.3 is 10.6 Å². The lowest BCUT2D eigenvalue weighted by atomic mass is 9.77. The molecule has 0 aliphatic heterocycles. The predicted octanol–water partition coefficient (Wildman–Crippen LogP) is 1.95. The molecule has 0 atom stereocenters. The molecule has 0 spiro atoms. The molecule has 0 aliphatic carbocycles. The quantitative estimate of drug-likeness (QED) is 0.755. The van der Waals surface area contributed by atoms with Crippen LogP contribution in [0.3, 0.4) is 0 Å². The number of Topliss-reactive ketones (excluding diaryl/α,β-unsaturated/α-hetero) is 1. The fraction of sp³-hybridized carbons (Fsp3) is 0.833. The van der Waals surface area contributed by atoms with Crippen LogP contribution >= 0.6 is 0 Å². The molecule has 0 fully saturated rings. The zero-order chi connectivity index (χ0) is 12.9. The Hall–Kier alpha value is -1.06. The van der Waals surface area contributed by atoms with Gasteiger partial charge in [0.1, 0.15) is 0 Å². The molecule has 0 aromatic rings. The third kappa shape index (κ3) is 4.64. The SMILES string of the molecule is CC(C)NC(=O)NCC(=O)C(C)(C)C(C)C. The van der Waals surface area contributed by atoms with Gasteiger partial charge in [0.2, 0.25) is 0 Å². The Morgan fingerprint density at radius 1 is 1.12 bits per heavy atom. The number of hydrogen-bond acceptors (Lipinski definition) is 2. The van der Waals surface area contributed by atoms with E-state index in [0.29, 0.717) is 0 Å². The van der Waals surface area contributed by atoms with E-state index in [1.54, 1.807) is 0 Å². The number of ketones is 1. The highest BCUT2D eigenvalue weighted by molar-refractivity contribution is 5.89. The van der Waals surface area contributed by atoms with E-state index in [1.807, 2.05) is 41.5 Å². The van der Waals surface area contributed by atoms with E-state index in [9.17, 15) is 9.59 Å². The molecule has 0 aromatic heterocycles. The van der Waals surface area contributed by atoms with Crippen molar-refractivity contribution in [2.45, 2.75) is 47.6 Å². The van der Waals surface area contributed by atoms with Crippen LogP contribution in [0.4, 0.5) is 4.79 Å². The Kier molecular flexibility index (Phi) is 5.48. The van der Waals surface area contributed by atoms with Crippen molar-refractivity contribution in [3.8, 4) is 0 Å². The first-order valence-electron chi connectivity index (χ1n) is 5.75. The number of nitrogens with one attached hydrogen (secondary N) is 2. The van der Waals surface area contributed by atoms with Crippen LogP contribution in [-0.2, 0) is 4.79 Å². The molecule has 4 heteroatoms. The third-order valence-electron chi connectivity index (χ3n) is 2.99. The number of amides is 2. The van der Waals surface area contributed by atoms with Crippen LogP contribution in [0.2, 0.25) is 0 Å². The Morgan fingerprint density at radius 3 is 2.00 bits per heavy atom. The molecule has 0 saturated heterocycles. The van der Waals surface area contributed by atoms with Crippen molar-refractivity contribution in [1.82, 2.24) is 10.6 Å². The Labute approximate surface area is 98.2 Å². The second-order valence-corrected chi connectivity index (χ2v) is 5.28. The van der Waals surface area contributed by atoms with Crippen molar-refractivity contribution in [3.05, 3.63) is 0 Å². The van der Waals surface area contributed by atoms with E-state index in [1.165, 1.54) is 0 Å². The first kappa shape index (κ1) is 14.9. The van der Waals surface area contributed by atoms with Crippen molar-refractivity contribution in [3.63, 3.8) is 0 Å². The molecule has 0 aliphatic rings. The van der Waals surface area contributed by atoms with E-state index in [-0.39, 0.29) is 30.3 Å². The summed E-state index contributed by atoms with van der Waals surface area (Å²) in [5.74, 6) is 0.316. The minimum atomic E-state index is -0.398. The fourth-order valence-electron chi connectivity index (χ4n) is 1.02. The molecule has 94 valence electrons. The molecule has 0 bridgehead atoms. The van der Waals surface area contributed by atoms with Crippen LogP contribution in [0, 0.1) is 11.3 Å². The van der Waals surface area contributed by atoms with Crippen LogP contribution < -0.4 is 10.6 Å². The summed E-state index contributed by atoms with van der Waals surface area (Å²) in [6.45, 7) is 11.7. The first-order valence-corrected chi connectivity index (χ1v) is 5.75. The Bertz CT molecular complexity index is 258. The van der Waals surface area contributed by atoms with Gasteiger partial charge in [-0.3, -0.25) is 4.79 Å². The number of hydrogen-bond donors (Lipinski definition) is 2. The first-order chi connectivity index (χ1) is 7.17. The largest absolute Gasteiger partial charge is 0.336 e. The van der Waals surface area contributed by atoms with Gasteiger partial charge in [-0.1, -0.05) is 27.7 Å². The Balaban J connectivity index is 4.13. The molecular weight excluding hydrogens is 204 g/mol. The van der Waals surface area contributed by atoms with Gasteiger partial charge >= 0.3 is 6.03 Å². The topological polar surface area (TPSA) is 58.2 Å². The van der Waals surface area contributed by atoms with Gasteiger partial charge in [-0.15, -0.1) is 0 Å². The average molecular weight is 228 g/mol. The van der Waals surface area contributed by atoms with Crippen LogP contribution in [0.1, 0.15) is 41.5 Å². The molecule has 2 N–H and O–H groups in total. The van der Waals surface area contributed by atoms with E-state index >= 15 is 0 Å². The summed E-state index contributed by atoms with van der Waals surface area (Å²) in [4.78, 5) is 23.1. The van der Waals surface area contributed by atoms with Crippen molar-refractivity contribution in [2.24, 2.45) is 11.3 Å². The van der Waals surface area contributed by atoms with Gasteiger partial charge in [-0.25, -0.2) is 4.79 Å². The van der Waals surface area contributed by atoms with Gasteiger partial charge in [0.05, 0.1) is 6.54 Å². The molecular formula is C12H24N2O2.